The van der Waals surface area contributed by atoms with Gasteiger partial charge in [0, 0.05) is 24.9 Å². The third-order valence-electron chi connectivity index (χ3n) is 3.78. The van der Waals surface area contributed by atoms with Gasteiger partial charge in [-0.15, -0.1) is 15.8 Å². The summed E-state index contributed by atoms with van der Waals surface area (Å²) in [7, 11) is 1.33. The number of hydrogen-bond donors (Lipinski definition) is 2. The van der Waals surface area contributed by atoms with E-state index in [-0.39, 0.29) is 21.7 Å². The number of ether oxygens (including phenoxy) is 1. The lowest BCUT2D eigenvalue weighted by molar-refractivity contribution is 0.392. The van der Waals surface area contributed by atoms with Crippen LogP contribution in [0.2, 0.25) is 0 Å². The SMILES string of the molecule is COC(=S)NCc1cn(-c2ccc(N3CC=S(N)CC3)c(F)c2)nn1. The van der Waals surface area contributed by atoms with Crippen molar-refractivity contribution in [3.8, 4) is 5.69 Å². The van der Waals surface area contributed by atoms with E-state index >= 15 is 0 Å². The first-order valence-corrected chi connectivity index (χ1v) is 9.55. The normalized spacial score (nSPS) is 17.1. The zero-order valence-electron chi connectivity index (χ0n) is 13.7. The minimum Gasteiger partial charge on any atom is -0.474 e. The van der Waals surface area contributed by atoms with E-state index in [2.05, 4.69) is 15.6 Å². The number of hydrogen-bond acceptors (Lipinski definition) is 6. The molecule has 2 aromatic rings. The summed E-state index contributed by atoms with van der Waals surface area (Å²) in [6, 6.07) is 5.04. The third kappa shape index (κ3) is 4.33. The largest absolute Gasteiger partial charge is 0.474 e. The summed E-state index contributed by atoms with van der Waals surface area (Å²) in [6.45, 7) is 1.80. The van der Waals surface area contributed by atoms with Gasteiger partial charge in [0.25, 0.3) is 5.17 Å². The highest BCUT2D eigenvalue weighted by molar-refractivity contribution is 8.13. The van der Waals surface area contributed by atoms with E-state index in [0.717, 1.165) is 12.3 Å². The van der Waals surface area contributed by atoms with Crippen LogP contribution in [0, 0.1) is 5.82 Å². The Morgan fingerprint density at radius 3 is 3.04 bits per heavy atom. The van der Waals surface area contributed by atoms with Crippen molar-refractivity contribution in [3.05, 3.63) is 35.9 Å². The van der Waals surface area contributed by atoms with E-state index in [1.807, 2.05) is 16.3 Å². The highest BCUT2D eigenvalue weighted by Gasteiger charge is 2.15. The van der Waals surface area contributed by atoms with Crippen LogP contribution in [0.4, 0.5) is 10.1 Å². The Balaban J connectivity index is 1.72. The van der Waals surface area contributed by atoms with E-state index in [1.54, 1.807) is 12.3 Å². The second-order valence-corrected chi connectivity index (χ2v) is 7.47. The minimum atomic E-state index is -0.291. The highest BCUT2D eigenvalue weighted by Crippen LogP contribution is 2.24. The summed E-state index contributed by atoms with van der Waals surface area (Å²) in [5.41, 5.74) is 1.85. The number of thiocarbonyl (C=S) groups is 1. The first-order chi connectivity index (χ1) is 12.1. The topological polar surface area (TPSA) is 81.2 Å². The average molecular weight is 382 g/mol. The molecule has 1 aliphatic rings. The molecular weight excluding hydrogens is 363 g/mol. The zero-order chi connectivity index (χ0) is 17.8. The number of anilines is 1. The quantitative estimate of drug-likeness (QED) is 0.769. The Kier molecular flexibility index (Phi) is 5.61. The van der Waals surface area contributed by atoms with Crippen molar-refractivity contribution in [2.24, 2.45) is 5.14 Å². The first-order valence-electron chi connectivity index (χ1n) is 7.62. The lowest BCUT2D eigenvalue weighted by atomic mass is 10.2. The molecule has 0 saturated carbocycles. The number of rotatable bonds is 4. The minimum absolute atomic E-state index is 0.164. The molecule has 1 unspecified atom stereocenters. The average Bonchev–Trinajstić information content (AvgIpc) is 3.09. The summed E-state index contributed by atoms with van der Waals surface area (Å²) in [4.78, 5) is 1.98. The predicted octanol–water partition coefficient (Wildman–Crippen LogP) is 1.19. The molecule has 0 aliphatic carbocycles. The molecule has 25 heavy (non-hydrogen) atoms. The lowest BCUT2D eigenvalue weighted by Crippen LogP contribution is -2.33. The molecule has 1 atom stereocenters. The number of benzene rings is 1. The monoisotopic (exact) mass is 382 g/mol. The Morgan fingerprint density at radius 1 is 1.52 bits per heavy atom. The molecule has 10 heteroatoms. The van der Waals surface area contributed by atoms with Gasteiger partial charge >= 0.3 is 0 Å². The zero-order valence-corrected chi connectivity index (χ0v) is 15.3. The molecule has 0 saturated heterocycles. The third-order valence-corrected chi connectivity index (χ3v) is 5.32. The highest BCUT2D eigenvalue weighted by atomic mass is 32.2. The Labute approximate surface area is 153 Å². The summed E-state index contributed by atoms with van der Waals surface area (Å²) in [5.74, 6) is 0.560. The van der Waals surface area contributed by atoms with Crippen LogP contribution in [0.15, 0.2) is 24.4 Å². The molecule has 0 spiro atoms. The number of methoxy groups -OCH3 is 1. The summed E-state index contributed by atoms with van der Waals surface area (Å²) < 4.78 is 20.9. The van der Waals surface area contributed by atoms with Crippen LogP contribution >= 0.6 is 22.9 Å². The van der Waals surface area contributed by atoms with Gasteiger partial charge in [-0.25, -0.2) is 9.07 Å². The standard InChI is InChI=1S/C15H19FN6OS2/c1-23-15(24)18-9-11-10-22(20-19-11)12-2-3-14(13(16)8-12)21-4-6-25(17)7-5-21/h2-3,6,8,10H,4-5,7,9,17H2,1H3,(H,18,24). The van der Waals surface area contributed by atoms with E-state index < -0.39 is 0 Å². The summed E-state index contributed by atoms with van der Waals surface area (Å²) in [5, 5.41) is 19.1. The van der Waals surface area contributed by atoms with Gasteiger partial charge in [0.15, 0.2) is 0 Å². The van der Waals surface area contributed by atoms with Crippen molar-refractivity contribution in [1.29, 1.82) is 0 Å². The van der Waals surface area contributed by atoms with Crippen molar-refractivity contribution in [1.82, 2.24) is 20.3 Å². The molecule has 2 heterocycles. The first kappa shape index (κ1) is 17.8. The van der Waals surface area contributed by atoms with Gasteiger partial charge in [-0.1, -0.05) is 5.21 Å². The predicted molar refractivity (Wildman–Crippen MR) is 103 cm³/mol. The van der Waals surface area contributed by atoms with Gasteiger partial charge in [-0.05, 0) is 29.7 Å². The van der Waals surface area contributed by atoms with Gasteiger partial charge in [0.1, 0.15) is 11.5 Å². The molecule has 3 N–H and O–H groups in total. The van der Waals surface area contributed by atoms with Crippen molar-refractivity contribution < 1.29 is 9.13 Å². The van der Waals surface area contributed by atoms with Crippen LogP contribution in [-0.2, 0) is 11.3 Å². The molecule has 1 aliphatic heterocycles. The maximum Gasteiger partial charge on any atom is 0.256 e. The molecule has 0 amide bonds. The lowest BCUT2D eigenvalue weighted by Gasteiger charge is -2.28. The fourth-order valence-corrected chi connectivity index (χ4v) is 3.47. The molecule has 1 aromatic heterocycles. The second kappa shape index (κ2) is 7.89. The van der Waals surface area contributed by atoms with Gasteiger partial charge in [0.2, 0.25) is 0 Å². The van der Waals surface area contributed by atoms with Crippen molar-refractivity contribution in [2.75, 3.05) is 30.9 Å². The molecule has 1 aromatic carbocycles. The van der Waals surface area contributed by atoms with E-state index in [9.17, 15) is 4.39 Å². The van der Waals surface area contributed by atoms with Crippen LogP contribution in [0.1, 0.15) is 5.69 Å². The fourth-order valence-electron chi connectivity index (χ4n) is 2.43. The van der Waals surface area contributed by atoms with Crippen molar-refractivity contribution in [3.63, 3.8) is 0 Å². The van der Waals surface area contributed by atoms with Crippen LogP contribution in [0.25, 0.3) is 5.69 Å². The van der Waals surface area contributed by atoms with E-state index in [1.165, 1.54) is 17.9 Å². The van der Waals surface area contributed by atoms with E-state index in [4.69, 9.17) is 22.1 Å². The molecular formula is C15H19FN6OS2. The maximum absolute atomic E-state index is 14.5. The number of halogens is 1. The molecule has 0 bridgehead atoms. The number of aromatic nitrogens is 3. The number of nitrogens with zero attached hydrogens (tertiary/aromatic N) is 4. The van der Waals surface area contributed by atoms with Crippen molar-refractivity contribution in [2.45, 2.75) is 6.54 Å². The van der Waals surface area contributed by atoms with Gasteiger partial charge in [-0.2, -0.15) is 0 Å². The summed E-state index contributed by atoms with van der Waals surface area (Å²) in [6.07, 6.45) is 1.72. The Morgan fingerprint density at radius 2 is 2.36 bits per heavy atom. The Bertz CT molecular complexity index is 809. The molecule has 0 fully saturated rings. The number of nitrogens with one attached hydrogen (secondary N) is 1. The van der Waals surface area contributed by atoms with Gasteiger partial charge < -0.3 is 15.0 Å². The Hall–Kier alpha value is -2.04. The molecule has 7 nitrogen and oxygen atoms in total. The smallest absolute Gasteiger partial charge is 0.256 e. The number of nitrogens with two attached hydrogens (primary N) is 1. The summed E-state index contributed by atoms with van der Waals surface area (Å²) >= 11 is 4.90. The molecule has 134 valence electrons. The van der Waals surface area contributed by atoms with Crippen LogP contribution in [0.3, 0.4) is 0 Å². The second-order valence-electron chi connectivity index (χ2n) is 5.42. The van der Waals surface area contributed by atoms with Crippen molar-refractivity contribution >= 4 is 39.1 Å². The van der Waals surface area contributed by atoms with Crippen LogP contribution in [-0.4, -0.2) is 51.5 Å². The van der Waals surface area contributed by atoms with Crippen LogP contribution in [0.5, 0.6) is 0 Å². The van der Waals surface area contributed by atoms with Crippen LogP contribution < -0.4 is 15.4 Å². The van der Waals surface area contributed by atoms with Gasteiger partial charge in [0.05, 0.1) is 31.2 Å². The fraction of sp³-hybridized carbons (Fsp3) is 0.333. The van der Waals surface area contributed by atoms with Gasteiger partial charge in [-0.3, -0.25) is 5.14 Å². The van der Waals surface area contributed by atoms with E-state index in [0.29, 0.717) is 30.2 Å². The maximum atomic E-state index is 14.5. The molecule has 3 rings (SSSR count). The molecule has 0 radical (unpaired) electrons.